The second-order valence-corrected chi connectivity index (χ2v) is 5.21. The maximum absolute atomic E-state index is 9.81. The van der Waals surface area contributed by atoms with Gasteiger partial charge in [0, 0.05) is 13.0 Å². The van der Waals surface area contributed by atoms with Gasteiger partial charge in [0.25, 0.3) is 0 Å². The predicted molar refractivity (Wildman–Crippen MR) is 96.3 cm³/mol. The van der Waals surface area contributed by atoms with Gasteiger partial charge >= 0.3 is 0 Å². The van der Waals surface area contributed by atoms with Crippen molar-refractivity contribution in [2.45, 2.75) is 54.9 Å². The van der Waals surface area contributed by atoms with Crippen molar-refractivity contribution in [1.82, 2.24) is 4.90 Å². The first-order chi connectivity index (χ1) is 10.5. The molecule has 0 aliphatic heterocycles. The molecule has 0 unspecified atom stereocenters. The van der Waals surface area contributed by atoms with E-state index in [0.717, 1.165) is 18.8 Å². The lowest BCUT2D eigenvalue weighted by Gasteiger charge is -2.22. The molecule has 0 radical (unpaired) electrons. The summed E-state index contributed by atoms with van der Waals surface area (Å²) in [6, 6.07) is 9.97. The summed E-state index contributed by atoms with van der Waals surface area (Å²) in [5, 5.41) is 0. The largest absolute Gasteiger partial charge is 0.478 e. The van der Waals surface area contributed by atoms with Crippen LogP contribution in [0, 0.1) is 5.92 Å². The average molecular weight is 309 g/mol. The Labute approximate surface area is 137 Å². The van der Waals surface area contributed by atoms with E-state index in [4.69, 9.17) is 4.74 Å². The SMILES string of the molecule is CC.CCC(C)=O.CCN(COc1ccccc1)CC(C)C. The molecule has 0 aliphatic rings. The lowest BCUT2D eigenvalue weighted by molar-refractivity contribution is -0.116. The highest BCUT2D eigenvalue weighted by Crippen LogP contribution is 2.09. The summed E-state index contributed by atoms with van der Waals surface area (Å²) in [6.45, 7) is 16.8. The van der Waals surface area contributed by atoms with E-state index in [1.54, 1.807) is 6.92 Å². The van der Waals surface area contributed by atoms with Gasteiger partial charge in [-0.3, -0.25) is 4.90 Å². The van der Waals surface area contributed by atoms with E-state index in [9.17, 15) is 4.79 Å². The van der Waals surface area contributed by atoms with Gasteiger partial charge in [0.15, 0.2) is 0 Å². The van der Waals surface area contributed by atoms with E-state index >= 15 is 0 Å². The van der Waals surface area contributed by atoms with Gasteiger partial charge in [-0.15, -0.1) is 0 Å². The van der Waals surface area contributed by atoms with Gasteiger partial charge in [-0.1, -0.05) is 59.7 Å². The standard InChI is InChI=1S/C13H21NO.C4H8O.C2H6/c1-4-14(10-12(2)3)11-15-13-8-6-5-7-9-13;1-3-4(2)5;1-2/h5-9,12H,4,10-11H2,1-3H3;3H2,1-2H3;1-2H3. The van der Waals surface area contributed by atoms with Crippen molar-refractivity contribution < 1.29 is 9.53 Å². The first kappa shape index (κ1) is 22.9. The number of carbonyl (C=O) groups is 1. The van der Waals surface area contributed by atoms with Crippen LogP contribution in [-0.2, 0) is 4.79 Å². The smallest absolute Gasteiger partial charge is 0.142 e. The van der Waals surface area contributed by atoms with E-state index in [1.165, 1.54) is 0 Å². The van der Waals surface area contributed by atoms with E-state index < -0.39 is 0 Å². The first-order valence-corrected chi connectivity index (χ1v) is 8.39. The Morgan fingerprint density at radius 2 is 1.64 bits per heavy atom. The third-order valence-corrected chi connectivity index (χ3v) is 2.73. The number of para-hydroxylation sites is 1. The van der Waals surface area contributed by atoms with Crippen LogP contribution in [0.4, 0.5) is 0 Å². The Kier molecular flexibility index (Phi) is 16.7. The molecule has 0 spiro atoms. The van der Waals surface area contributed by atoms with Crippen LogP contribution >= 0.6 is 0 Å². The number of ketones is 1. The maximum atomic E-state index is 9.81. The van der Waals surface area contributed by atoms with Gasteiger partial charge in [-0.25, -0.2) is 0 Å². The first-order valence-electron chi connectivity index (χ1n) is 8.39. The van der Waals surface area contributed by atoms with Crippen LogP contribution in [0.15, 0.2) is 30.3 Å². The molecule has 0 fully saturated rings. The van der Waals surface area contributed by atoms with Gasteiger partial charge < -0.3 is 9.53 Å². The summed E-state index contributed by atoms with van der Waals surface area (Å²) in [5.74, 6) is 1.88. The van der Waals surface area contributed by atoms with Crippen LogP contribution < -0.4 is 4.74 Å². The van der Waals surface area contributed by atoms with Crippen LogP contribution in [0.25, 0.3) is 0 Å². The number of nitrogens with zero attached hydrogens (tertiary/aromatic N) is 1. The summed E-state index contributed by atoms with van der Waals surface area (Å²) >= 11 is 0. The number of hydrogen-bond acceptors (Lipinski definition) is 3. The van der Waals surface area contributed by atoms with Gasteiger partial charge in [-0.05, 0) is 31.5 Å². The summed E-state index contributed by atoms with van der Waals surface area (Å²) in [4.78, 5) is 12.1. The Morgan fingerprint density at radius 1 is 1.14 bits per heavy atom. The fourth-order valence-corrected chi connectivity index (χ4v) is 1.47. The number of carbonyl (C=O) groups excluding carboxylic acids is 1. The number of ether oxygens (including phenoxy) is 1. The molecule has 22 heavy (non-hydrogen) atoms. The zero-order chi connectivity index (χ0) is 17.4. The number of rotatable bonds is 7. The molecule has 0 saturated heterocycles. The van der Waals surface area contributed by atoms with E-state index in [-0.39, 0.29) is 5.78 Å². The van der Waals surface area contributed by atoms with Crippen LogP contribution in [0.2, 0.25) is 0 Å². The second-order valence-electron chi connectivity index (χ2n) is 5.21. The molecule has 0 aromatic heterocycles. The van der Waals surface area contributed by atoms with Crippen molar-refractivity contribution in [3.63, 3.8) is 0 Å². The summed E-state index contributed by atoms with van der Waals surface area (Å²) in [5.41, 5.74) is 0. The molecule has 0 aliphatic carbocycles. The zero-order valence-corrected chi connectivity index (χ0v) is 15.6. The molecule has 0 heterocycles. The van der Waals surface area contributed by atoms with Crippen molar-refractivity contribution in [3.05, 3.63) is 30.3 Å². The van der Waals surface area contributed by atoms with Gasteiger partial charge in [-0.2, -0.15) is 0 Å². The molecule has 1 aromatic carbocycles. The lowest BCUT2D eigenvalue weighted by atomic mass is 10.2. The van der Waals surface area contributed by atoms with Crippen molar-refractivity contribution >= 4 is 5.78 Å². The minimum atomic E-state index is 0.255. The summed E-state index contributed by atoms with van der Waals surface area (Å²) < 4.78 is 5.69. The van der Waals surface area contributed by atoms with Gasteiger partial charge in [0.1, 0.15) is 18.3 Å². The summed E-state index contributed by atoms with van der Waals surface area (Å²) in [6.07, 6.45) is 0.667. The second kappa shape index (κ2) is 16.0. The molecule has 1 aromatic rings. The third kappa shape index (κ3) is 15.0. The molecule has 0 amide bonds. The molecule has 3 nitrogen and oxygen atoms in total. The normalized spacial score (nSPS) is 9.50. The van der Waals surface area contributed by atoms with Crippen molar-refractivity contribution in [2.24, 2.45) is 5.92 Å². The Balaban J connectivity index is 0. The predicted octanol–water partition coefficient (Wildman–Crippen LogP) is 5.01. The van der Waals surface area contributed by atoms with E-state index in [1.807, 2.05) is 51.1 Å². The molecule has 3 heteroatoms. The third-order valence-electron chi connectivity index (χ3n) is 2.73. The number of Topliss-reactive ketones (excluding diaryl/α,β-unsaturated/α-hetero) is 1. The van der Waals surface area contributed by atoms with E-state index in [2.05, 4.69) is 25.7 Å². The molecule has 1 rings (SSSR count). The molecular weight excluding hydrogens is 274 g/mol. The van der Waals surface area contributed by atoms with Gasteiger partial charge in [0.05, 0.1) is 0 Å². The lowest BCUT2D eigenvalue weighted by Crippen LogP contribution is -2.31. The van der Waals surface area contributed by atoms with Crippen LogP contribution in [0.1, 0.15) is 54.9 Å². The molecule has 0 atom stereocenters. The summed E-state index contributed by atoms with van der Waals surface area (Å²) in [7, 11) is 0. The molecule has 0 saturated carbocycles. The topological polar surface area (TPSA) is 29.5 Å². The molecule has 0 N–H and O–H groups in total. The fraction of sp³-hybridized carbons (Fsp3) is 0.632. The average Bonchev–Trinajstić information content (AvgIpc) is 2.54. The van der Waals surface area contributed by atoms with Crippen LogP contribution in [0.3, 0.4) is 0 Å². The van der Waals surface area contributed by atoms with Crippen molar-refractivity contribution in [1.29, 1.82) is 0 Å². The van der Waals surface area contributed by atoms with Gasteiger partial charge in [0.2, 0.25) is 0 Å². The van der Waals surface area contributed by atoms with Crippen molar-refractivity contribution in [2.75, 3.05) is 19.8 Å². The number of hydrogen-bond donors (Lipinski definition) is 0. The number of benzene rings is 1. The molecule has 0 bridgehead atoms. The Hall–Kier alpha value is -1.35. The highest BCUT2D eigenvalue weighted by atomic mass is 16.5. The Morgan fingerprint density at radius 3 is 2.00 bits per heavy atom. The highest BCUT2D eigenvalue weighted by Gasteiger charge is 2.05. The van der Waals surface area contributed by atoms with E-state index in [0.29, 0.717) is 19.1 Å². The fourth-order valence-electron chi connectivity index (χ4n) is 1.47. The minimum absolute atomic E-state index is 0.255. The minimum Gasteiger partial charge on any atom is -0.478 e. The van der Waals surface area contributed by atoms with Crippen LogP contribution in [0.5, 0.6) is 5.75 Å². The highest BCUT2D eigenvalue weighted by molar-refractivity contribution is 5.74. The maximum Gasteiger partial charge on any atom is 0.142 e. The Bertz CT molecular complexity index is 350. The molecule has 128 valence electrons. The molecular formula is C19H35NO2. The monoisotopic (exact) mass is 309 g/mol. The quantitative estimate of drug-likeness (QED) is 0.663. The van der Waals surface area contributed by atoms with Crippen molar-refractivity contribution in [3.8, 4) is 5.75 Å². The zero-order valence-electron chi connectivity index (χ0n) is 15.6. The van der Waals surface area contributed by atoms with Crippen LogP contribution in [-0.4, -0.2) is 30.5 Å².